The van der Waals surface area contributed by atoms with Crippen LogP contribution in [0.25, 0.3) is 16.9 Å². The molecule has 151 valence electrons. The van der Waals surface area contributed by atoms with Crippen LogP contribution in [-0.2, 0) is 5.41 Å². The zero-order chi connectivity index (χ0) is 20.3. The lowest BCUT2D eigenvalue weighted by molar-refractivity contribution is 0.0256. The highest BCUT2D eigenvalue weighted by atomic mass is 16.5. The van der Waals surface area contributed by atoms with Crippen LogP contribution >= 0.6 is 0 Å². The lowest BCUT2D eigenvalue weighted by Crippen LogP contribution is -2.35. The number of hydrogen-bond acceptors (Lipinski definition) is 6. The molecular weight excluding hydrogens is 368 g/mol. The van der Waals surface area contributed by atoms with E-state index in [0.29, 0.717) is 18.7 Å². The van der Waals surface area contributed by atoms with Crippen molar-refractivity contribution < 1.29 is 14.9 Å². The maximum absolute atomic E-state index is 10.3. The van der Waals surface area contributed by atoms with Crippen LogP contribution in [0, 0.1) is 12.8 Å². The number of rotatable bonds is 3. The van der Waals surface area contributed by atoms with Gasteiger partial charge in [-0.05, 0) is 43.5 Å². The summed E-state index contributed by atoms with van der Waals surface area (Å²) in [7, 11) is 0. The molecule has 4 atom stereocenters. The van der Waals surface area contributed by atoms with Crippen LogP contribution in [0.15, 0.2) is 36.5 Å². The molecule has 1 radical (unpaired) electrons. The van der Waals surface area contributed by atoms with Crippen molar-refractivity contribution in [2.45, 2.75) is 43.9 Å². The highest BCUT2D eigenvalue weighted by Crippen LogP contribution is 2.40. The summed E-state index contributed by atoms with van der Waals surface area (Å²) >= 11 is 0. The quantitative estimate of drug-likeness (QED) is 0.633. The number of aliphatic hydroxyl groups is 2. The summed E-state index contributed by atoms with van der Waals surface area (Å²) in [5.74, 6) is 1.45. The van der Waals surface area contributed by atoms with Crippen LogP contribution in [0.4, 0.5) is 5.82 Å². The fourth-order valence-electron chi connectivity index (χ4n) is 4.28. The normalized spacial score (nSPS) is 27.8. The molecule has 1 aromatic carbocycles. The molecule has 1 fully saturated rings. The smallest absolute Gasteiger partial charge is 0.157 e. The van der Waals surface area contributed by atoms with Crippen molar-refractivity contribution in [1.29, 1.82) is 0 Å². The Kier molecular flexibility index (Phi) is 4.08. The number of fused-ring (bicyclic) bond motifs is 2. The minimum Gasteiger partial charge on any atom is -0.492 e. The lowest BCUT2D eigenvalue weighted by Gasteiger charge is -2.19. The first-order valence-corrected chi connectivity index (χ1v) is 9.92. The molecule has 29 heavy (non-hydrogen) atoms. The van der Waals surface area contributed by atoms with Crippen LogP contribution in [0.3, 0.4) is 0 Å². The van der Waals surface area contributed by atoms with Gasteiger partial charge in [0.15, 0.2) is 5.65 Å². The predicted molar refractivity (Wildman–Crippen MR) is 110 cm³/mol. The number of anilines is 1. The fourth-order valence-corrected chi connectivity index (χ4v) is 4.28. The number of nitrogens with one attached hydrogen (secondary N) is 1. The molecule has 2 aliphatic rings. The zero-order valence-corrected chi connectivity index (χ0v) is 16.5. The Bertz CT molecular complexity index is 1080. The van der Waals surface area contributed by atoms with Gasteiger partial charge in [-0.25, -0.2) is 4.98 Å². The van der Waals surface area contributed by atoms with E-state index in [4.69, 9.17) is 9.84 Å². The fraction of sp³-hybridized carbons (Fsp3) is 0.409. The number of ether oxygens (including phenoxy) is 1. The van der Waals surface area contributed by atoms with Gasteiger partial charge < -0.3 is 20.3 Å². The zero-order valence-electron chi connectivity index (χ0n) is 16.5. The van der Waals surface area contributed by atoms with E-state index in [1.807, 2.05) is 24.3 Å². The Morgan fingerprint density at radius 3 is 2.79 bits per heavy atom. The van der Waals surface area contributed by atoms with Crippen molar-refractivity contribution in [2.24, 2.45) is 5.92 Å². The molecule has 2 aromatic heterocycles. The molecule has 0 saturated heterocycles. The van der Waals surface area contributed by atoms with Crippen LogP contribution in [-0.4, -0.2) is 49.7 Å². The van der Waals surface area contributed by atoms with E-state index >= 15 is 0 Å². The van der Waals surface area contributed by atoms with Gasteiger partial charge in [-0.1, -0.05) is 13.8 Å². The third kappa shape index (κ3) is 2.96. The molecule has 1 aliphatic carbocycles. The molecule has 1 saturated carbocycles. The third-order valence-corrected chi connectivity index (χ3v) is 6.09. The minimum atomic E-state index is -0.866. The largest absolute Gasteiger partial charge is 0.492 e. The lowest BCUT2D eigenvalue weighted by atomic mass is 9.86. The first-order chi connectivity index (χ1) is 13.8. The third-order valence-electron chi connectivity index (χ3n) is 6.09. The van der Waals surface area contributed by atoms with Crippen molar-refractivity contribution in [1.82, 2.24) is 14.6 Å². The van der Waals surface area contributed by atoms with Gasteiger partial charge in [0.05, 0.1) is 24.4 Å². The Labute approximate surface area is 169 Å². The Morgan fingerprint density at radius 2 is 2.03 bits per heavy atom. The summed E-state index contributed by atoms with van der Waals surface area (Å²) < 4.78 is 7.52. The van der Waals surface area contributed by atoms with Crippen molar-refractivity contribution in [3.63, 3.8) is 0 Å². The number of nitrogens with zero attached hydrogens (tertiary/aromatic N) is 3. The predicted octanol–water partition coefficient (Wildman–Crippen LogP) is 2.42. The van der Waals surface area contributed by atoms with E-state index in [0.717, 1.165) is 22.8 Å². The Balaban J connectivity index is 1.50. The maximum Gasteiger partial charge on any atom is 0.157 e. The van der Waals surface area contributed by atoms with Crippen LogP contribution in [0.5, 0.6) is 5.75 Å². The van der Waals surface area contributed by atoms with Crippen LogP contribution in [0.1, 0.15) is 25.8 Å². The molecule has 0 amide bonds. The van der Waals surface area contributed by atoms with Crippen LogP contribution < -0.4 is 10.1 Å². The molecule has 7 heteroatoms. The van der Waals surface area contributed by atoms with Gasteiger partial charge in [0, 0.05) is 28.8 Å². The average Bonchev–Trinajstić information content (AvgIpc) is 3.34. The van der Waals surface area contributed by atoms with Crippen LogP contribution in [0.2, 0.25) is 0 Å². The summed E-state index contributed by atoms with van der Waals surface area (Å²) in [6, 6.07) is 9.63. The van der Waals surface area contributed by atoms with Crippen molar-refractivity contribution >= 4 is 11.5 Å². The second-order valence-corrected chi connectivity index (χ2v) is 8.74. The first kappa shape index (κ1) is 18.4. The van der Waals surface area contributed by atoms with E-state index in [-0.39, 0.29) is 17.4 Å². The second-order valence-electron chi connectivity index (χ2n) is 8.74. The number of hydrogen-bond donors (Lipinski definition) is 3. The molecule has 0 unspecified atom stereocenters. The van der Waals surface area contributed by atoms with Gasteiger partial charge in [-0.3, -0.25) is 0 Å². The molecule has 0 bridgehead atoms. The van der Waals surface area contributed by atoms with Gasteiger partial charge in [0.2, 0.25) is 0 Å². The van der Waals surface area contributed by atoms with E-state index in [9.17, 15) is 10.2 Å². The molecule has 5 rings (SSSR count). The molecule has 0 spiro atoms. The van der Waals surface area contributed by atoms with E-state index in [1.54, 1.807) is 10.7 Å². The van der Waals surface area contributed by atoms with Gasteiger partial charge in [0.1, 0.15) is 17.7 Å². The van der Waals surface area contributed by atoms with Crippen molar-refractivity contribution in [3.05, 3.63) is 49.0 Å². The summed E-state index contributed by atoms with van der Waals surface area (Å²) in [6.07, 6.45) is 0.604. The van der Waals surface area contributed by atoms with Gasteiger partial charge >= 0.3 is 0 Å². The molecule has 3 heterocycles. The average molecular weight is 393 g/mol. The van der Waals surface area contributed by atoms with E-state index < -0.39 is 12.2 Å². The number of benzene rings is 1. The standard InChI is InChI=1S/C22H25N4O3/c1-12-8-16(21(28)20(12)27)24-18-6-7-23-19-10-15(25-26(18)19)13-4-5-17-14(9-13)22(2,3)11-29-17/h4-7,9-10,12,16,20-21,24,27-28H,1,8,11H2,2-3H3/t12-,16-,20-,21+/m1/s1. The van der Waals surface area contributed by atoms with Crippen molar-refractivity contribution in [2.75, 3.05) is 11.9 Å². The summed E-state index contributed by atoms with van der Waals surface area (Å²) in [5, 5.41) is 28.3. The number of aliphatic hydroxyl groups excluding tert-OH is 2. The molecule has 1 aliphatic heterocycles. The Hall–Kier alpha value is -2.64. The molecule has 7 nitrogen and oxygen atoms in total. The summed E-state index contributed by atoms with van der Waals surface area (Å²) in [6.45, 7) is 8.94. The Morgan fingerprint density at radius 1 is 1.21 bits per heavy atom. The molecular formula is C22H25N4O3. The highest BCUT2D eigenvalue weighted by Gasteiger charge is 2.39. The van der Waals surface area contributed by atoms with E-state index in [2.05, 4.69) is 37.1 Å². The summed E-state index contributed by atoms with van der Waals surface area (Å²) in [5.41, 5.74) is 3.69. The topological polar surface area (TPSA) is 91.9 Å². The van der Waals surface area contributed by atoms with Crippen molar-refractivity contribution in [3.8, 4) is 17.0 Å². The number of aromatic nitrogens is 3. The first-order valence-electron chi connectivity index (χ1n) is 9.92. The van der Waals surface area contributed by atoms with Gasteiger partial charge in [-0.15, -0.1) is 0 Å². The summed E-state index contributed by atoms with van der Waals surface area (Å²) in [4.78, 5) is 4.42. The van der Waals surface area contributed by atoms with E-state index in [1.165, 1.54) is 5.56 Å². The van der Waals surface area contributed by atoms with Gasteiger partial charge in [-0.2, -0.15) is 9.61 Å². The SMILES string of the molecule is [CH2][C@@H]1C[C@@H](Nc2ccnc3cc(-c4ccc5c(c4)C(C)(C)CO5)nn23)[C@H](O)[C@@H]1O. The molecule has 3 N–H and O–H groups in total. The minimum absolute atomic E-state index is 0.0281. The highest BCUT2D eigenvalue weighted by molar-refractivity contribution is 5.68. The van der Waals surface area contributed by atoms with Gasteiger partial charge in [0.25, 0.3) is 0 Å². The maximum atomic E-state index is 10.3. The monoisotopic (exact) mass is 393 g/mol. The molecule has 3 aromatic rings. The second kappa shape index (κ2) is 6.43.